The van der Waals surface area contributed by atoms with Gasteiger partial charge in [-0.15, -0.1) is 0 Å². The summed E-state index contributed by atoms with van der Waals surface area (Å²) in [6.45, 7) is 3.34. The van der Waals surface area contributed by atoms with Gasteiger partial charge in [-0.25, -0.2) is 0 Å². The summed E-state index contributed by atoms with van der Waals surface area (Å²) < 4.78 is 7.46. The lowest BCUT2D eigenvalue weighted by molar-refractivity contribution is 0.336. The molecule has 0 atom stereocenters. The van der Waals surface area contributed by atoms with Crippen LogP contribution < -0.4 is 10.1 Å². The first-order valence-corrected chi connectivity index (χ1v) is 7.54. The maximum atomic E-state index is 5.56. The van der Waals surface area contributed by atoms with Gasteiger partial charge in [-0.2, -0.15) is 0 Å². The number of pyridine rings is 1. The van der Waals surface area contributed by atoms with Gasteiger partial charge >= 0.3 is 0 Å². The van der Waals surface area contributed by atoms with E-state index in [0.29, 0.717) is 6.61 Å². The molecule has 0 radical (unpaired) electrons. The summed E-state index contributed by atoms with van der Waals surface area (Å²) in [7, 11) is 0. The molecule has 19 heavy (non-hydrogen) atoms. The molecule has 1 aromatic heterocycles. The highest BCUT2D eigenvalue weighted by molar-refractivity contribution is 9.11. The van der Waals surface area contributed by atoms with Gasteiger partial charge in [0.25, 0.3) is 0 Å². The van der Waals surface area contributed by atoms with Gasteiger partial charge in [-0.3, -0.25) is 4.98 Å². The molecule has 0 amide bonds. The number of anilines is 1. The largest absolute Gasteiger partial charge is 0.492 e. The summed E-state index contributed by atoms with van der Waals surface area (Å²) in [6, 6.07) is 8.01. The van der Waals surface area contributed by atoms with Gasteiger partial charge in [-0.05, 0) is 68.6 Å². The van der Waals surface area contributed by atoms with Crippen LogP contribution in [-0.2, 0) is 6.54 Å². The van der Waals surface area contributed by atoms with E-state index in [0.717, 1.165) is 32.5 Å². The molecule has 0 aliphatic carbocycles. The van der Waals surface area contributed by atoms with E-state index in [1.807, 2.05) is 19.1 Å². The van der Waals surface area contributed by atoms with Gasteiger partial charge in [0.1, 0.15) is 5.75 Å². The summed E-state index contributed by atoms with van der Waals surface area (Å²) >= 11 is 7.06. The van der Waals surface area contributed by atoms with Crippen LogP contribution in [0.2, 0.25) is 0 Å². The first-order valence-electron chi connectivity index (χ1n) is 5.95. The van der Waals surface area contributed by atoms with E-state index >= 15 is 0 Å². The summed E-state index contributed by atoms with van der Waals surface area (Å²) in [5.74, 6) is 0.840. The molecule has 0 fully saturated rings. The lowest BCUT2D eigenvalue weighted by Gasteiger charge is -2.12. The fraction of sp³-hybridized carbons (Fsp3) is 0.214. The zero-order valence-corrected chi connectivity index (χ0v) is 13.7. The second-order valence-electron chi connectivity index (χ2n) is 3.92. The van der Waals surface area contributed by atoms with Crippen LogP contribution in [-0.4, -0.2) is 11.6 Å². The zero-order chi connectivity index (χ0) is 13.7. The Bertz CT molecular complexity index is 523. The maximum Gasteiger partial charge on any atom is 0.147 e. The Kier molecular flexibility index (Phi) is 5.22. The maximum absolute atomic E-state index is 5.56. The average Bonchev–Trinajstić information content (AvgIpc) is 2.42. The molecule has 0 unspecified atom stereocenters. The van der Waals surface area contributed by atoms with E-state index in [4.69, 9.17) is 4.74 Å². The molecule has 0 spiro atoms. The van der Waals surface area contributed by atoms with Crippen LogP contribution in [0.3, 0.4) is 0 Å². The molecule has 100 valence electrons. The Hall–Kier alpha value is -1.07. The normalized spacial score (nSPS) is 10.3. The van der Waals surface area contributed by atoms with Gasteiger partial charge in [0.15, 0.2) is 0 Å². The predicted molar refractivity (Wildman–Crippen MR) is 84.6 cm³/mol. The Morgan fingerprint density at radius 2 is 2.00 bits per heavy atom. The van der Waals surface area contributed by atoms with Crippen molar-refractivity contribution in [1.82, 2.24) is 4.98 Å². The second-order valence-corrected chi connectivity index (χ2v) is 5.63. The van der Waals surface area contributed by atoms with Crippen LogP contribution in [0.5, 0.6) is 5.75 Å². The molecule has 3 nitrogen and oxygen atoms in total. The van der Waals surface area contributed by atoms with Crippen molar-refractivity contribution in [2.24, 2.45) is 0 Å². The summed E-state index contributed by atoms with van der Waals surface area (Å²) in [5, 5.41) is 3.32. The molecule has 1 heterocycles. The van der Waals surface area contributed by atoms with Gasteiger partial charge in [-0.1, -0.05) is 0 Å². The summed E-state index contributed by atoms with van der Waals surface area (Å²) in [4.78, 5) is 4.07. The van der Waals surface area contributed by atoms with Crippen LogP contribution in [0.1, 0.15) is 12.5 Å². The molecule has 0 saturated heterocycles. The predicted octanol–water partition coefficient (Wildman–Crippen LogP) is 4.62. The first kappa shape index (κ1) is 14.3. The van der Waals surface area contributed by atoms with E-state index in [1.165, 1.54) is 0 Å². The van der Waals surface area contributed by atoms with Crippen molar-refractivity contribution in [3.63, 3.8) is 0 Å². The van der Waals surface area contributed by atoms with E-state index in [1.54, 1.807) is 12.4 Å². The van der Waals surface area contributed by atoms with Crippen molar-refractivity contribution in [2.45, 2.75) is 13.5 Å². The minimum Gasteiger partial charge on any atom is -0.492 e. The van der Waals surface area contributed by atoms with Crippen molar-refractivity contribution in [3.05, 3.63) is 51.2 Å². The molecule has 0 bridgehead atoms. The number of hydrogen-bond acceptors (Lipinski definition) is 3. The van der Waals surface area contributed by atoms with Crippen molar-refractivity contribution < 1.29 is 4.74 Å². The summed E-state index contributed by atoms with van der Waals surface area (Å²) in [6.07, 6.45) is 3.56. The fourth-order valence-electron chi connectivity index (χ4n) is 1.67. The highest BCUT2D eigenvalue weighted by Crippen LogP contribution is 2.34. The number of nitrogens with zero attached hydrogens (tertiary/aromatic N) is 1. The monoisotopic (exact) mass is 384 g/mol. The number of rotatable bonds is 5. The van der Waals surface area contributed by atoms with Crippen LogP contribution in [0.25, 0.3) is 0 Å². The lowest BCUT2D eigenvalue weighted by atomic mass is 10.2. The van der Waals surface area contributed by atoms with Crippen molar-refractivity contribution >= 4 is 37.5 Å². The SMILES string of the molecule is CCOc1c(Br)cc(CNc2cccnc2)cc1Br. The molecular weight excluding hydrogens is 372 g/mol. The number of halogens is 2. The van der Waals surface area contributed by atoms with Gasteiger partial charge < -0.3 is 10.1 Å². The van der Waals surface area contributed by atoms with Crippen LogP contribution in [0.4, 0.5) is 5.69 Å². The number of nitrogens with one attached hydrogen (secondary N) is 1. The highest BCUT2D eigenvalue weighted by atomic mass is 79.9. The van der Waals surface area contributed by atoms with Crippen LogP contribution in [0.15, 0.2) is 45.6 Å². The third-order valence-corrected chi connectivity index (χ3v) is 3.68. The first-order chi connectivity index (χ1) is 9.20. The lowest BCUT2D eigenvalue weighted by Crippen LogP contribution is -2.01. The zero-order valence-electron chi connectivity index (χ0n) is 10.5. The number of ether oxygens (including phenoxy) is 1. The molecule has 0 aliphatic rings. The topological polar surface area (TPSA) is 34.1 Å². The minimum absolute atomic E-state index is 0.643. The smallest absolute Gasteiger partial charge is 0.147 e. The minimum atomic E-state index is 0.643. The number of hydrogen-bond donors (Lipinski definition) is 1. The van der Waals surface area contributed by atoms with Gasteiger partial charge in [0.05, 0.1) is 21.2 Å². The van der Waals surface area contributed by atoms with Crippen LogP contribution >= 0.6 is 31.9 Å². The quantitative estimate of drug-likeness (QED) is 0.815. The Morgan fingerprint density at radius 1 is 1.26 bits per heavy atom. The van der Waals surface area contributed by atoms with Crippen LogP contribution in [0, 0.1) is 0 Å². The fourth-order valence-corrected chi connectivity index (χ4v) is 3.18. The molecule has 2 rings (SSSR count). The standard InChI is InChI=1S/C14H14Br2N2O/c1-2-19-14-12(15)6-10(7-13(14)16)8-18-11-4-3-5-17-9-11/h3-7,9,18H,2,8H2,1H3. The Morgan fingerprint density at radius 3 is 2.58 bits per heavy atom. The highest BCUT2D eigenvalue weighted by Gasteiger charge is 2.08. The molecule has 5 heteroatoms. The molecule has 1 aromatic carbocycles. The molecule has 1 N–H and O–H groups in total. The third-order valence-electron chi connectivity index (χ3n) is 2.50. The Labute approximate surface area is 129 Å². The van der Waals surface area contributed by atoms with E-state index in [9.17, 15) is 0 Å². The Balaban J connectivity index is 2.09. The second kappa shape index (κ2) is 6.91. The molecule has 0 aliphatic heterocycles. The third kappa shape index (κ3) is 3.94. The van der Waals surface area contributed by atoms with Crippen molar-refractivity contribution in [1.29, 1.82) is 0 Å². The molecule has 0 saturated carbocycles. The summed E-state index contributed by atoms with van der Waals surface area (Å²) in [5.41, 5.74) is 2.16. The van der Waals surface area contributed by atoms with Gasteiger partial charge in [0, 0.05) is 18.9 Å². The van der Waals surface area contributed by atoms with E-state index < -0.39 is 0 Å². The number of aromatic nitrogens is 1. The van der Waals surface area contributed by atoms with Crippen molar-refractivity contribution in [2.75, 3.05) is 11.9 Å². The average molecular weight is 386 g/mol. The number of benzene rings is 1. The van der Waals surface area contributed by atoms with Crippen molar-refractivity contribution in [3.8, 4) is 5.75 Å². The van der Waals surface area contributed by atoms with E-state index in [2.05, 4.69) is 54.3 Å². The van der Waals surface area contributed by atoms with E-state index in [-0.39, 0.29) is 0 Å². The molecule has 2 aromatic rings. The molecular formula is C14H14Br2N2O. The van der Waals surface area contributed by atoms with Gasteiger partial charge in [0.2, 0.25) is 0 Å².